The van der Waals surface area contributed by atoms with Crippen LogP contribution in [-0.2, 0) is 19.3 Å². The van der Waals surface area contributed by atoms with E-state index in [1.54, 1.807) is 36.4 Å². The Morgan fingerprint density at radius 3 is 0.969 bits per heavy atom. The van der Waals surface area contributed by atoms with Gasteiger partial charge in [-0.15, -0.1) is 0 Å². The van der Waals surface area contributed by atoms with Gasteiger partial charge in [0.2, 0.25) is 11.2 Å². The Hall–Kier alpha value is -15.9. The summed E-state index contributed by atoms with van der Waals surface area (Å²) in [5, 5.41) is 7.18. The Bertz CT molecular complexity index is 8630. The highest BCUT2D eigenvalue weighted by molar-refractivity contribution is 9.10. The van der Waals surface area contributed by atoms with Gasteiger partial charge in [0.1, 0.15) is 0 Å². The van der Waals surface area contributed by atoms with Gasteiger partial charge in [0.05, 0.1) is 46.8 Å². The minimum atomic E-state index is -0.422. The predicted octanol–water partition coefficient (Wildman–Crippen LogP) is 31.0. The number of nitrogens with zero attached hydrogens (tertiary/aromatic N) is 9. The van der Waals surface area contributed by atoms with Gasteiger partial charge in [-0.3, -0.25) is 9.27 Å². The highest BCUT2D eigenvalue weighted by Crippen LogP contribution is 2.47. The zero-order valence-corrected chi connectivity index (χ0v) is 71.5. The minimum absolute atomic E-state index is 0. The summed E-state index contributed by atoms with van der Waals surface area (Å²) in [5.74, 6) is 2.20. The molecule has 0 N–H and O–H groups in total. The highest BCUT2D eigenvalue weighted by Gasteiger charge is 2.28. The molecular formula is C118H84BrClFN9. The maximum absolute atomic E-state index is 8.49. The van der Waals surface area contributed by atoms with Crippen LogP contribution in [0.25, 0.3) is 184 Å². The number of hydrogen-bond acceptors (Lipinski definition) is 6. The number of aromatic nitrogens is 9. The monoisotopic (exact) mass is 1770 g/mol. The van der Waals surface area contributed by atoms with Crippen molar-refractivity contribution in [1.29, 1.82) is 0 Å². The first-order valence-electron chi connectivity index (χ1n) is 47.3. The third-order valence-electron chi connectivity index (χ3n) is 23.9. The van der Waals surface area contributed by atoms with Gasteiger partial charge >= 0.3 is 0 Å². The van der Waals surface area contributed by atoms with E-state index in [1.165, 1.54) is 99.6 Å². The Kier molecular flexibility index (Phi) is 19.8. The van der Waals surface area contributed by atoms with Crippen LogP contribution in [0.3, 0.4) is 0 Å². The lowest BCUT2D eigenvalue weighted by atomic mass is 9.98. The smallest absolute Gasteiger partial charge is 0.238 e. The highest BCUT2D eigenvalue weighted by atomic mass is 79.9. The molecule has 0 fully saturated rings. The van der Waals surface area contributed by atoms with Crippen LogP contribution in [0, 0.1) is 0 Å². The van der Waals surface area contributed by atoms with E-state index in [0.29, 0.717) is 51.5 Å². The largest absolute Gasteiger partial charge is 0.309 e. The van der Waals surface area contributed by atoms with E-state index in [9.17, 15) is 0 Å². The Morgan fingerprint density at radius 1 is 0.238 bits per heavy atom. The summed E-state index contributed by atoms with van der Waals surface area (Å²) in [6.07, 6.45) is 3.21. The maximum Gasteiger partial charge on any atom is 0.238 e. The summed E-state index contributed by atoms with van der Waals surface area (Å²) in [5.41, 5.74) is 30.5. The van der Waals surface area contributed by atoms with Crippen molar-refractivity contribution in [3.05, 3.63) is 486 Å². The first kappa shape index (κ1) is 71.3. The lowest BCUT2D eigenvalue weighted by Gasteiger charge is -2.12. The quantitative estimate of drug-likeness (QED) is 0.143. The van der Waals surface area contributed by atoms with Crippen molar-refractivity contribution in [3.63, 3.8) is 0 Å². The van der Waals surface area contributed by atoms with E-state index in [2.05, 4.69) is 275 Å². The summed E-state index contributed by atoms with van der Waals surface area (Å²) in [6, 6.07) is 127. The van der Waals surface area contributed by atoms with Crippen LogP contribution in [0.1, 0.15) is 54.5 Å². The first-order valence-corrected chi connectivity index (χ1v) is 43.5. The van der Waals surface area contributed by atoms with Crippen LogP contribution in [0.4, 0.5) is 4.70 Å². The molecule has 3 aliphatic carbocycles. The first-order chi connectivity index (χ1) is 67.4. The molecule has 23 aromatic rings. The standard InChI is InChI=1S/C45H29N5.C25H17N.C21H14ClN3.C20H14.C6H5Br.CH4.FH/c1-4-14-30(15-5-1)31-24-26-33(27-25-31)44-46-43(32-16-6-2-7-17-32)47-45(48-44)50-40-23-13-11-21-36(40)38-28-37-35-20-10-12-22-39(35)49(41(37)29-42(38)50)34-18-8-3-9-19-34;1-2-9-19(10-3-1)26-24-13-7-6-12-21(24)23-16-22-18(15-25(23)26)14-17-8-4-5-11-20(17)22;22-21-24-19(17-9-5-2-6-10-17)23-20(25-21)18-13-11-16(12-14-18)15-7-3-1-4-8-15;1-3-7-17-13(5-1)9-15-11-16-10-14-6-2-4-8-18(14)20(16)12-19(15)17;7-6-4-2-1-3-5-6;;/h1-29H;1-13,15-16H,14H2;1-14H;1-8,11-12H,9-10H2;1-5H;1H4;1H/i1D,4D,5D,14D,15D;;1D,3D,4D,7D,8D;;;;. The van der Waals surface area contributed by atoms with E-state index in [4.69, 9.17) is 40.3 Å². The number of hydrogen-bond donors (Lipinski definition) is 0. The van der Waals surface area contributed by atoms with Gasteiger partial charge < -0.3 is 9.13 Å². The van der Waals surface area contributed by atoms with Crippen molar-refractivity contribution in [2.75, 3.05) is 0 Å². The Morgan fingerprint density at radius 2 is 0.554 bits per heavy atom. The topological polar surface area (TPSA) is 92.1 Å². The van der Waals surface area contributed by atoms with E-state index in [1.807, 2.05) is 115 Å². The molecule has 0 unspecified atom stereocenters. The summed E-state index contributed by atoms with van der Waals surface area (Å²) in [4.78, 5) is 28.1. The number of rotatable bonds is 9. The molecule has 0 aliphatic heterocycles. The fraction of sp³-hybridized carbons (Fsp3) is 0.0339. The molecule has 0 spiro atoms. The molecule has 9 nitrogen and oxygen atoms in total. The van der Waals surface area contributed by atoms with Crippen molar-refractivity contribution in [2.24, 2.45) is 0 Å². The van der Waals surface area contributed by atoms with Crippen LogP contribution in [-0.4, -0.2) is 43.6 Å². The van der Waals surface area contributed by atoms with Crippen molar-refractivity contribution in [1.82, 2.24) is 43.6 Å². The summed E-state index contributed by atoms with van der Waals surface area (Å²) >= 11 is 9.41. The molecule has 130 heavy (non-hydrogen) atoms. The van der Waals surface area contributed by atoms with Crippen LogP contribution >= 0.6 is 27.5 Å². The van der Waals surface area contributed by atoms with E-state index < -0.39 is 12.1 Å². The molecule has 3 aliphatic rings. The van der Waals surface area contributed by atoms with Crippen LogP contribution in [0.15, 0.2) is 447 Å². The fourth-order valence-corrected chi connectivity index (χ4v) is 18.5. The molecule has 5 aromatic heterocycles. The van der Waals surface area contributed by atoms with Gasteiger partial charge in [-0.1, -0.05) is 381 Å². The van der Waals surface area contributed by atoms with E-state index in [0.717, 1.165) is 78.8 Å². The molecule has 0 atom stereocenters. The number of benzene rings is 18. The van der Waals surface area contributed by atoms with Gasteiger partial charge in [-0.2, -0.15) is 19.9 Å². The van der Waals surface area contributed by atoms with Gasteiger partial charge in [0, 0.05) is 70.4 Å². The van der Waals surface area contributed by atoms with E-state index in [-0.39, 0.29) is 76.9 Å². The number of halogens is 3. The Balaban J connectivity index is 0.000000119. The van der Waals surface area contributed by atoms with Gasteiger partial charge in [0.25, 0.3) is 0 Å². The molecule has 18 aromatic carbocycles. The zero-order valence-electron chi connectivity index (χ0n) is 79.2. The van der Waals surface area contributed by atoms with Gasteiger partial charge in [0.15, 0.2) is 23.3 Å². The van der Waals surface area contributed by atoms with Crippen molar-refractivity contribution >= 4 is 92.9 Å². The minimum Gasteiger partial charge on any atom is -0.309 e. The Labute approximate surface area is 780 Å². The molecular weight excluding hydrogens is 1680 g/mol. The maximum atomic E-state index is 8.49. The van der Waals surface area contributed by atoms with Crippen LogP contribution in [0.2, 0.25) is 5.28 Å². The zero-order chi connectivity index (χ0) is 94.1. The van der Waals surface area contributed by atoms with Crippen molar-refractivity contribution in [2.45, 2.75) is 26.7 Å². The summed E-state index contributed by atoms with van der Waals surface area (Å²) < 4.78 is 88.9. The average molecular weight is 1770 g/mol. The molecule has 0 amide bonds. The molecule has 0 radical (unpaired) electrons. The third-order valence-corrected chi connectivity index (χ3v) is 24.6. The van der Waals surface area contributed by atoms with Crippen LogP contribution in [0.5, 0.6) is 0 Å². The molecule has 622 valence electrons. The van der Waals surface area contributed by atoms with Gasteiger partial charge in [-0.25, -0.2) is 9.97 Å². The molecule has 26 rings (SSSR count). The molecule has 12 heteroatoms. The summed E-state index contributed by atoms with van der Waals surface area (Å²) in [6.45, 7) is 0. The van der Waals surface area contributed by atoms with Gasteiger partial charge in [-0.05, 0) is 205 Å². The lowest BCUT2D eigenvalue weighted by Crippen LogP contribution is -2.06. The number of fused-ring (bicyclic) bond motifs is 18. The average Bonchev–Trinajstić information content (AvgIpc) is 1.58. The number of para-hydroxylation sites is 5. The second-order valence-corrected chi connectivity index (χ2v) is 32.8. The second kappa shape index (κ2) is 36.2. The van der Waals surface area contributed by atoms with Crippen molar-refractivity contribution in [3.8, 4) is 119 Å². The van der Waals surface area contributed by atoms with Crippen LogP contribution < -0.4 is 0 Å². The third kappa shape index (κ3) is 16.0. The molecule has 0 bridgehead atoms. The predicted molar refractivity (Wildman–Crippen MR) is 541 cm³/mol. The summed E-state index contributed by atoms with van der Waals surface area (Å²) in [7, 11) is 0. The lowest BCUT2D eigenvalue weighted by molar-refractivity contribution is 0.953. The second-order valence-electron chi connectivity index (χ2n) is 31.5. The molecule has 0 saturated carbocycles. The van der Waals surface area contributed by atoms with E-state index >= 15 is 0 Å². The van der Waals surface area contributed by atoms with Crippen molar-refractivity contribution < 1.29 is 18.4 Å². The SMILES string of the molecule is Brc1ccccc1.C.F.[2H]c1c([2H])c([2H])c(-c2ccc(-c3nc(-c4ccccc4)nc(-n4c5ccccc5c5cc6c7ccccc7n(-c7ccccc7)c6cc54)n3)cc2)c([2H])c1[2H].[2H]c1c([2H])c([2H])c(-c2ccc(-c3nc(Cl)nc(-c4ccccc4)n3)cc2)c([2H])c1[2H].c1ccc(-n2c3ccccc3c3cc4c(cc32)Cc2ccccc2-4)cc1.c1ccc2c(c1)Cc1cc3c(cc1-2)-c1ccccc1C3. The molecule has 5 heterocycles. The fourth-order valence-electron chi connectivity index (χ4n) is 18.0. The molecule has 0 saturated heterocycles. The normalized spacial score (nSPS) is 12.6.